The standard InChI is InChI=1S/C15H22N2O4S2/c1-22-13-5-2-6-14(8-13)23(20,21)17-7-3-4-12(11-17)9-16-10-15(18)19/h2,5-6,8,12,16H,3-4,7,9-11H2,1H3,(H,18,19). The lowest BCUT2D eigenvalue weighted by Crippen LogP contribution is -2.43. The third-order valence-corrected chi connectivity index (χ3v) is 6.46. The highest BCUT2D eigenvalue weighted by molar-refractivity contribution is 7.98. The van der Waals surface area contributed by atoms with Crippen LogP contribution in [0.15, 0.2) is 34.1 Å². The summed E-state index contributed by atoms with van der Waals surface area (Å²) in [6.07, 6.45) is 3.61. The van der Waals surface area contributed by atoms with E-state index in [2.05, 4.69) is 5.32 Å². The van der Waals surface area contributed by atoms with Crippen molar-refractivity contribution in [2.45, 2.75) is 22.6 Å². The molecule has 1 aromatic rings. The van der Waals surface area contributed by atoms with Gasteiger partial charge in [-0.25, -0.2) is 8.42 Å². The molecule has 128 valence electrons. The van der Waals surface area contributed by atoms with Crippen LogP contribution in [0.25, 0.3) is 0 Å². The summed E-state index contributed by atoms with van der Waals surface area (Å²) in [5, 5.41) is 11.5. The van der Waals surface area contributed by atoms with Gasteiger partial charge in [-0.1, -0.05) is 6.07 Å². The van der Waals surface area contributed by atoms with Crippen molar-refractivity contribution in [3.05, 3.63) is 24.3 Å². The fourth-order valence-electron chi connectivity index (χ4n) is 2.71. The maximum Gasteiger partial charge on any atom is 0.317 e. The third-order valence-electron chi connectivity index (χ3n) is 3.87. The molecule has 0 aromatic heterocycles. The van der Waals surface area contributed by atoms with Crippen LogP contribution in [0.4, 0.5) is 0 Å². The van der Waals surface area contributed by atoms with Gasteiger partial charge in [-0.2, -0.15) is 4.31 Å². The molecule has 2 N–H and O–H groups in total. The predicted molar refractivity (Wildman–Crippen MR) is 90.2 cm³/mol. The van der Waals surface area contributed by atoms with Crippen LogP contribution >= 0.6 is 11.8 Å². The fourth-order valence-corrected chi connectivity index (χ4v) is 4.84. The Balaban J connectivity index is 2.05. The molecular weight excluding hydrogens is 336 g/mol. The minimum atomic E-state index is -3.49. The van der Waals surface area contributed by atoms with Crippen LogP contribution in [-0.4, -0.2) is 56.2 Å². The molecule has 1 fully saturated rings. The number of carboxylic acids is 1. The van der Waals surface area contributed by atoms with Gasteiger partial charge >= 0.3 is 5.97 Å². The molecule has 23 heavy (non-hydrogen) atoms. The van der Waals surface area contributed by atoms with Crippen molar-refractivity contribution in [2.24, 2.45) is 5.92 Å². The van der Waals surface area contributed by atoms with Crippen molar-refractivity contribution in [1.82, 2.24) is 9.62 Å². The SMILES string of the molecule is CSc1cccc(S(=O)(=O)N2CCCC(CNCC(=O)O)C2)c1. The predicted octanol–water partition coefficient (Wildman–Crippen LogP) is 1.48. The summed E-state index contributed by atoms with van der Waals surface area (Å²) < 4.78 is 27.1. The Labute approximate surface area is 141 Å². The number of hydrogen-bond acceptors (Lipinski definition) is 5. The highest BCUT2D eigenvalue weighted by Gasteiger charge is 2.30. The quantitative estimate of drug-likeness (QED) is 0.718. The van der Waals surface area contributed by atoms with E-state index in [0.29, 0.717) is 24.5 Å². The van der Waals surface area contributed by atoms with Gasteiger partial charge < -0.3 is 10.4 Å². The molecule has 0 radical (unpaired) electrons. The average molecular weight is 358 g/mol. The Hall–Kier alpha value is -1.09. The van der Waals surface area contributed by atoms with Gasteiger partial charge in [0.25, 0.3) is 0 Å². The van der Waals surface area contributed by atoms with Crippen molar-refractivity contribution in [2.75, 3.05) is 32.4 Å². The third kappa shape index (κ3) is 4.94. The van der Waals surface area contributed by atoms with Crippen LogP contribution in [0.2, 0.25) is 0 Å². The van der Waals surface area contributed by atoms with Gasteiger partial charge in [0.05, 0.1) is 11.4 Å². The summed E-state index contributed by atoms with van der Waals surface area (Å²) in [6.45, 7) is 1.36. The van der Waals surface area contributed by atoms with Gasteiger partial charge in [-0.3, -0.25) is 4.79 Å². The number of sulfonamides is 1. The second kappa shape index (κ2) is 8.14. The number of nitrogens with one attached hydrogen (secondary N) is 1. The fraction of sp³-hybridized carbons (Fsp3) is 0.533. The van der Waals surface area contributed by atoms with E-state index in [1.807, 2.05) is 12.3 Å². The number of carbonyl (C=O) groups is 1. The van der Waals surface area contributed by atoms with Crippen LogP contribution in [-0.2, 0) is 14.8 Å². The summed E-state index contributed by atoms with van der Waals surface area (Å²) in [5.41, 5.74) is 0. The summed E-state index contributed by atoms with van der Waals surface area (Å²) >= 11 is 1.51. The zero-order valence-electron chi connectivity index (χ0n) is 13.1. The lowest BCUT2D eigenvalue weighted by molar-refractivity contribution is -0.136. The maximum atomic E-state index is 12.8. The number of piperidine rings is 1. The van der Waals surface area contributed by atoms with E-state index in [1.54, 1.807) is 18.2 Å². The summed E-state index contributed by atoms with van der Waals surface area (Å²) in [7, 11) is -3.49. The van der Waals surface area contributed by atoms with Crippen molar-refractivity contribution in [3.8, 4) is 0 Å². The highest BCUT2D eigenvalue weighted by Crippen LogP contribution is 2.26. The van der Waals surface area contributed by atoms with E-state index in [9.17, 15) is 13.2 Å². The molecule has 0 aliphatic carbocycles. The van der Waals surface area contributed by atoms with Gasteiger partial charge in [0, 0.05) is 18.0 Å². The molecule has 0 spiro atoms. The second-order valence-corrected chi connectivity index (χ2v) is 8.39. The lowest BCUT2D eigenvalue weighted by Gasteiger charge is -2.32. The van der Waals surface area contributed by atoms with Crippen molar-refractivity contribution < 1.29 is 18.3 Å². The molecule has 1 aliphatic rings. The Morgan fingerprint density at radius 3 is 2.96 bits per heavy atom. The second-order valence-electron chi connectivity index (χ2n) is 5.57. The molecule has 0 saturated carbocycles. The van der Waals surface area contributed by atoms with E-state index in [1.165, 1.54) is 16.1 Å². The minimum Gasteiger partial charge on any atom is -0.480 e. The Morgan fingerprint density at radius 2 is 2.26 bits per heavy atom. The zero-order valence-corrected chi connectivity index (χ0v) is 14.7. The number of hydrogen-bond donors (Lipinski definition) is 2. The minimum absolute atomic E-state index is 0.0982. The highest BCUT2D eigenvalue weighted by atomic mass is 32.2. The van der Waals surface area contributed by atoms with E-state index in [-0.39, 0.29) is 12.5 Å². The molecular formula is C15H22N2O4S2. The molecule has 2 rings (SSSR count). The van der Waals surface area contributed by atoms with Crippen LogP contribution in [0, 0.1) is 5.92 Å². The van der Waals surface area contributed by atoms with E-state index >= 15 is 0 Å². The van der Waals surface area contributed by atoms with E-state index in [0.717, 1.165) is 17.7 Å². The zero-order chi connectivity index (χ0) is 16.9. The molecule has 1 heterocycles. The Morgan fingerprint density at radius 1 is 1.48 bits per heavy atom. The van der Waals surface area contributed by atoms with Crippen LogP contribution < -0.4 is 5.32 Å². The van der Waals surface area contributed by atoms with Gasteiger partial charge in [-0.05, 0) is 49.8 Å². The number of benzene rings is 1. The molecule has 1 atom stereocenters. The van der Waals surface area contributed by atoms with Crippen LogP contribution in [0.5, 0.6) is 0 Å². The summed E-state index contributed by atoms with van der Waals surface area (Å²) in [4.78, 5) is 11.8. The molecule has 1 aliphatic heterocycles. The number of nitrogens with zero attached hydrogens (tertiary/aromatic N) is 1. The molecule has 1 aromatic carbocycles. The first-order valence-corrected chi connectivity index (χ1v) is 10.2. The Kier molecular flexibility index (Phi) is 6.46. The molecule has 1 saturated heterocycles. The van der Waals surface area contributed by atoms with Gasteiger partial charge in [0.2, 0.25) is 10.0 Å². The van der Waals surface area contributed by atoms with Gasteiger partial charge in [0.1, 0.15) is 0 Å². The molecule has 6 nitrogen and oxygen atoms in total. The van der Waals surface area contributed by atoms with Gasteiger partial charge in [0.15, 0.2) is 0 Å². The number of rotatable bonds is 7. The van der Waals surface area contributed by atoms with E-state index in [4.69, 9.17) is 5.11 Å². The van der Waals surface area contributed by atoms with Crippen molar-refractivity contribution in [1.29, 1.82) is 0 Å². The summed E-state index contributed by atoms with van der Waals surface area (Å²) in [6, 6.07) is 6.97. The van der Waals surface area contributed by atoms with Crippen LogP contribution in [0.3, 0.4) is 0 Å². The van der Waals surface area contributed by atoms with Crippen LogP contribution in [0.1, 0.15) is 12.8 Å². The van der Waals surface area contributed by atoms with Crippen molar-refractivity contribution >= 4 is 27.8 Å². The molecule has 0 bridgehead atoms. The first kappa shape index (κ1) is 18.3. The molecule has 1 unspecified atom stereocenters. The van der Waals surface area contributed by atoms with Crippen molar-refractivity contribution in [3.63, 3.8) is 0 Å². The number of aliphatic carboxylic acids is 1. The lowest BCUT2D eigenvalue weighted by atomic mass is 10.00. The number of carboxylic acid groups (broad SMARTS) is 1. The molecule has 8 heteroatoms. The van der Waals surface area contributed by atoms with Gasteiger partial charge in [-0.15, -0.1) is 11.8 Å². The first-order chi connectivity index (χ1) is 10.9. The largest absolute Gasteiger partial charge is 0.480 e. The van der Waals surface area contributed by atoms with E-state index < -0.39 is 16.0 Å². The Bertz CT molecular complexity index is 649. The monoisotopic (exact) mass is 358 g/mol. The normalized spacial score (nSPS) is 19.6. The topological polar surface area (TPSA) is 86.7 Å². The smallest absolute Gasteiger partial charge is 0.317 e. The summed E-state index contributed by atoms with van der Waals surface area (Å²) in [5.74, 6) is -0.763. The average Bonchev–Trinajstić information content (AvgIpc) is 2.55. The molecule has 0 amide bonds. The first-order valence-electron chi connectivity index (χ1n) is 7.50. The maximum absolute atomic E-state index is 12.8. The number of thioether (sulfide) groups is 1.